The number of nitrogens with one attached hydrogen (secondary N) is 1. The summed E-state index contributed by atoms with van der Waals surface area (Å²) in [5.41, 5.74) is 10.1. The zero-order valence-electron chi connectivity index (χ0n) is 14.4. The molecule has 5 nitrogen and oxygen atoms in total. The van der Waals surface area contributed by atoms with E-state index in [1.54, 1.807) is 0 Å². The maximum Gasteiger partial charge on any atom is 0.178 e. The Balaban J connectivity index is 1.70. The van der Waals surface area contributed by atoms with Gasteiger partial charge in [0.15, 0.2) is 5.65 Å². The van der Waals surface area contributed by atoms with E-state index in [1.165, 1.54) is 17.5 Å². The zero-order valence-corrected chi connectivity index (χ0v) is 14.4. The summed E-state index contributed by atoms with van der Waals surface area (Å²) >= 11 is 0. The average Bonchev–Trinajstić information content (AvgIpc) is 3.06. The minimum atomic E-state index is 0.425. The van der Waals surface area contributed by atoms with E-state index in [2.05, 4.69) is 64.6 Å². The number of anilines is 1. The van der Waals surface area contributed by atoms with Crippen LogP contribution in [-0.2, 0) is 6.42 Å². The van der Waals surface area contributed by atoms with Crippen LogP contribution in [0.4, 0.5) is 5.82 Å². The minimum Gasteiger partial charge on any atom is -0.384 e. The number of nitrogens with two attached hydrogens (primary N) is 1. The molecule has 0 saturated carbocycles. The van der Waals surface area contributed by atoms with E-state index < -0.39 is 0 Å². The molecule has 126 valence electrons. The van der Waals surface area contributed by atoms with Gasteiger partial charge in [-0.1, -0.05) is 49.4 Å². The molecule has 0 fully saturated rings. The predicted octanol–water partition coefficient (Wildman–Crippen LogP) is 4.09. The SMILES string of the molecule is CCC(CC(C)CCc1ccccc1)c1cc(N)nc2[nH]nnc12. The molecule has 0 radical (unpaired) electrons. The minimum absolute atomic E-state index is 0.425. The van der Waals surface area contributed by atoms with Gasteiger partial charge in [0.05, 0.1) is 0 Å². The molecule has 24 heavy (non-hydrogen) atoms. The fraction of sp³-hybridized carbons (Fsp3) is 0.421. The molecule has 0 amide bonds. The lowest BCUT2D eigenvalue weighted by atomic mass is 9.85. The van der Waals surface area contributed by atoms with Crippen LogP contribution in [0.2, 0.25) is 0 Å². The van der Waals surface area contributed by atoms with E-state index in [0.717, 1.165) is 24.8 Å². The Hall–Kier alpha value is -2.43. The third-order valence-corrected chi connectivity index (χ3v) is 4.74. The first kappa shape index (κ1) is 16.4. The van der Waals surface area contributed by atoms with Crippen LogP contribution in [0.3, 0.4) is 0 Å². The lowest BCUT2D eigenvalue weighted by molar-refractivity contribution is 0.433. The van der Waals surface area contributed by atoms with Crippen molar-refractivity contribution in [1.82, 2.24) is 20.4 Å². The first-order chi connectivity index (χ1) is 11.7. The number of aromatic amines is 1. The highest BCUT2D eigenvalue weighted by atomic mass is 15.3. The number of nitrogen functional groups attached to an aromatic ring is 1. The van der Waals surface area contributed by atoms with Crippen LogP contribution in [0.1, 0.15) is 50.2 Å². The molecule has 0 spiro atoms. The number of rotatable bonds is 7. The second kappa shape index (κ2) is 7.43. The normalized spacial score (nSPS) is 13.9. The molecule has 2 atom stereocenters. The Bertz CT molecular complexity index is 781. The number of aromatic nitrogens is 4. The number of hydrogen-bond acceptors (Lipinski definition) is 4. The van der Waals surface area contributed by atoms with Gasteiger partial charge in [-0.25, -0.2) is 10.1 Å². The molecule has 0 saturated heterocycles. The van der Waals surface area contributed by atoms with Crippen LogP contribution in [0.5, 0.6) is 0 Å². The molecule has 1 aromatic carbocycles. The number of pyridine rings is 1. The van der Waals surface area contributed by atoms with Gasteiger partial charge >= 0.3 is 0 Å². The predicted molar refractivity (Wildman–Crippen MR) is 97.7 cm³/mol. The second-order valence-electron chi connectivity index (χ2n) is 6.62. The zero-order chi connectivity index (χ0) is 16.9. The summed E-state index contributed by atoms with van der Waals surface area (Å²) in [5.74, 6) is 1.58. The van der Waals surface area contributed by atoms with Gasteiger partial charge in [0.25, 0.3) is 0 Å². The standard InChI is InChI=1S/C19H25N5/c1-3-15(11-13(2)9-10-14-7-5-4-6-8-14)16-12-17(20)21-19-18(16)22-24-23-19/h4-8,12-13,15H,3,9-11H2,1-2H3,(H3,20,21,22,23,24). The topological polar surface area (TPSA) is 80.5 Å². The molecular weight excluding hydrogens is 298 g/mol. The first-order valence-corrected chi connectivity index (χ1v) is 8.68. The summed E-state index contributed by atoms with van der Waals surface area (Å²) in [4.78, 5) is 4.27. The van der Waals surface area contributed by atoms with Crippen LogP contribution in [0.15, 0.2) is 36.4 Å². The monoisotopic (exact) mass is 323 g/mol. The largest absolute Gasteiger partial charge is 0.384 e. The lowest BCUT2D eigenvalue weighted by Gasteiger charge is -2.20. The Morgan fingerprint density at radius 2 is 2.00 bits per heavy atom. The van der Waals surface area contributed by atoms with Crippen LogP contribution in [0, 0.1) is 5.92 Å². The number of fused-ring (bicyclic) bond motifs is 1. The van der Waals surface area contributed by atoms with E-state index in [4.69, 9.17) is 5.73 Å². The van der Waals surface area contributed by atoms with Gasteiger partial charge in [-0.3, -0.25) is 0 Å². The van der Waals surface area contributed by atoms with Crippen molar-refractivity contribution in [3.05, 3.63) is 47.5 Å². The quantitative estimate of drug-likeness (QED) is 0.686. The van der Waals surface area contributed by atoms with E-state index in [1.807, 2.05) is 6.07 Å². The van der Waals surface area contributed by atoms with Crippen molar-refractivity contribution in [3.63, 3.8) is 0 Å². The molecule has 0 bridgehead atoms. The van der Waals surface area contributed by atoms with Crippen LogP contribution >= 0.6 is 0 Å². The van der Waals surface area contributed by atoms with Crippen LogP contribution < -0.4 is 5.73 Å². The maximum atomic E-state index is 5.96. The fourth-order valence-corrected chi connectivity index (χ4v) is 3.37. The molecule has 3 rings (SSSR count). The number of H-pyrrole nitrogens is 1. The van der Waals surface area contributed by atoms with E-state index in [9.17, 15) is 0 Å². The van der Waals surface area contributed by atoms with E-state index in [-0.39, 0.29) is 0 Å². The summed E-state index contributed by atoms with van der Waals surface area (Å²) in [6, 6.07) is 12.6. The Kier molecular flexibility index (Phi) is 5.08. The van der Waals surface area contributed by atoms with Crippen molar-refractivity contribution in [2.45, 2.75) is 45.4 Å². The van der Waals surface area contributed by atoms with E-state index >= 15 is 0 Å². The van der Waals surface area contributed by atoms with Crippen molar-refractivity contribution >= 4 is 17.0 Å². The molecule has 0 aliphatic heterocycles. The summed E-state index contributed by atoms with van der Waals surface area (Å²) in [5, 5.41) is 10.9. The Morgan fingerprint density at radius 1 is 1.21 bits per heavy atom. The van der Waals surface area contributed by atoms with Crippen LogP contribution in [0.25, 0.3) is 11.2 Å². The van der Waals surface area contributed by atoms with Gasteiger partial charge in [-0.05, 0) is 54.7 Å². The molecule has 2 aromatic heterocycles. The molecule has 5 heteroatoms. The average molecular weight is 323 g/mol. The van der Waals surface area contributed by atoms with Crippen molar-refractivity contribution in [1.29, 1.82) is 0 Å². The van der Waals surface area contributed by atoms with Gasteiger partial charge in [0.2, 0.25) is 0 Å². The highest BCUT2D eigenvalue weighted by Gasteiger charge is 2.19. The number of nitrogens with zero attached hydrogens (tertiary/aromatic N) is 3. The third-order valence-electron chi connectivity index (χ3n) is 4.74. The Labute approximate surface area is 142 Å². The van der Waals surface area contributed by atoms with Gasteiger partial charge in [-0.15, -0.1) is 5.10 Å². The lowest BCUT2D eigenvalue weighted by Crippen LogP contribution is -2.08. The smallest absolute Gasteiger partial charge is 0.178 e. The van der Waals surface area contributed by atoms with Crippen molar-refractivity contribution in [3.8, 4) is 0 Å². The van der Waals surface area contributed by atoms with Gasteiger partial charge in [0, 0.05) is 0 Å². The first-order valence-electron chi connectivity index (χ1n) is 8.68. The molecule has 2 heterocycles. The molecule has 0 aliphatic carbocycles. The summed E-state index contributed by atoms with van der Waals surface area (Å²) in [7, 11) is 0. The van der Waals surface area contributed by atoms with Crippen molar-refractivity contribution < 1.29 is 0 Å². The summed E-state index contributed by atoms with van der Waals surface area (Å²) < 4.78 is 0. The molecule has 3 N–H and O–H groups in total. The van der Waals surface area contributed by atoms with Crippen molar-refractivity contribution in [2.24, 2.45) is 5.92 Å². The van der Waals surface area contributed by atoms with Crippen LogP contribution in [-0.4, -0.2) is 20.4 Å². The van der Waals surface area contributed by atoms with Crippen molar-refractivity contribution in [2.75, 3.05) is 5.73 Å². The van der Waals surface area contributed by atoms with Gasteiger partial charge < -0.3 is 5.73 Å². The second-order valence-corrected chi connectivity index (χ2v) is 6.62. The highest BCUT2D eigenvalue weighted by molar-refractivity contribution is 5.76. The molecule has 2 unspecified atom stereocenters. The Morgan fingerprint density at radius 3 is 2.75 bits per heavy atom. The number of aryl methyl sites for hydroxylation is 1. The molecule has 3 aromatic rings. The molecular formula is C19H25N5. The highest BCUT2D eigenvalue weighted by Crippen LogP contribution is 2.32. The maximum absolute atomic E-state index is 5.96. The molecule has 0 aliphatic rings. The van der Waals surface area contributed by atoms with E-state index in [0.29, 0.717) is 23.3 Å². The third kappa shape index (κ3) is 3.72. The fourth-order valence-electron chi connectivity index (χ4n) is 3.37. The summed E-state index contributed by atoms with van der Waals surface area (Å²) in [6.07, 6.45) is 4.48. The number of benzene rings is 1. The summed E-state index contributed by atoms with van der Waals surface area (Å²) in [6.45, 7) is 4.55. The van der Waals surface area contributed by atoms with Gasteiger partial charge in [0.1, 0.15) is 11.3 Å². The van der Waals surface area contributed by atoms with Gasteiger partial charge in [-0.2, -0.15) is 0 Å². The number of hydrogen-bond donors (Lipinski definition) is 2.